The molecular formula is C20H34IN3O2. The van der Waals surface area contributed by atoms with Gasteiger partial charge in [0.15, 0.2) is 5.96 Å². The molecular weight excluding hydrogens is 441 g/mol. The molecule has 0 aromatic heterocycles. The SMILES string of the molecule is CCNC(=NCc1ccc(COC(C)C)cc1)N1CCC(COC)C1.I. The van der Waals surface area contributed by atoms with E-state index in [-0.39, 0.29) is 30.1 Å². The fourth-order valence-electron chi connectivity index (χ4n) is 2.99. The standard InChI is InChI=1S/C20H33N3O2.HI/c1-5-21-20(23-11-10-19(13-23)14-24-4)22-12-17-6-8-18(9-7-17)15-25-16(2)3;/h6-9,16,19H,5,10-15H2,1-4H3,(H,21,22);1H. The maximum atomic E-state index is 5.64. The Morgan fingerprint density at radius 3 is 2.58 bits per heavy atom. The molecule has 2 rings (SSSR count). The molecule has 1 unspecified atom stereocenters. The summed E-state index contributed by atoms with van der Waals surface area (Å²) in [6.07, 6.45) is 1.43. The van der Waals surface area contributed by atoms with Gasteiger partial charge in [-0.2, -0.15) is 0 Å². The molecule has 148 valence electrons. The fourth-order valence-corrected chi connectivity index (χ4v) is 2.99. The fraction of sp³-hybridized carbons (Fsp3) is 0.650. The minimum atomic E-state index is 0. The van der Waals surface area contributed by atoms with Gasteiger partial charge in [-0.1, -0.05) is 24.3 Å². The van der Waals surface area contributed by atoms with Gasteiger partial charge in [0.2, 0.25) is 0 Å². The zero-order valence-electron chi connectivity index (χ0n) is 16.5. The van der Waals surface area contributed by atoms with E-state index in [2.05, 4.69) is 55.3 Å². The van der Waals surface area contributed by atoms with Crippen molar-refractivity contribution in [2.75, 3.05) is 33.4 Å². The van der Waals surface area contributed by atoms with E-state index < -0.39 is 0 Å². The molecule has 0 spiro atoms. The summed E-state index contributed by atoms with van der Waals surface area (Å²) in [5.41, 5.74) is 2.42. The second-order valence-electron chi connectivity index (χ2n) is 6.90. The van der Waals surface area contributed by atoms with E-state index in [9.17, 15) is 0 Å². The van der Waals surface area contributed by atoms with E-state index in [1.807, 2.05) is 0 Å². The van der Waals surface area contributed by atoms with Crippen LogP contribution in [0.5, 0.6) is 0 Å². The maximum Gasteiger partial charge on any atom is 0.194 e. The summed E-state index contributed by atoms with van der Waals surface area (Å²) < 4.78 is 10.9. The minimum absolute atomic E-state index is 0. The molecule has 6 heteroatoms. The van der Waals surface area contributed by atoms with Crippen molar-refractivity contribution in [3.05, 3.63) is 35.4 Å². The zero-order valence-corrected chi connectivity index (χ0v) is 18.9. The summed E-state index contributed by atoms with van der Waals surface area (Å²) in [4.78, 5) is 7.17. The Morgan fingerprint density at radius 1 is 1.27 bits per heavy atom. The second kappa shape index (κ2) is 12.5. The lowest BCUT2D eigenvalue weighted by atomic mass is 10.1. The third-order valence-electron chi connectivity index (χ3n) is 4.34. The molecule has 1 heterocycles. The molecule has 1 atom stereocenters. The quantitative estimate of drug-likeness (QED) is 0.354. The zero-order chi connectivity index (χ0) is 18.1. The van der Waals surface area contributed by atoms with Crippen molar-refractivity contribution in [1.29, 1.82) is 0 Å². The van der Waals surface area contributed by atoms with Crippen LogP contribution in [-0.2, 0) is 22.6 Å². The molecule has 5 nitrogen and oxygen atoms in total. The number of methoxy groups -OCH3 is 1. The van der Waals surface area contributed by atoms with Crippen LogP contribution in [-0.4, -0.2) is 50.3 Å². The number of halogens is 1. The summed E-state index contributed by atoms with van der Waals surface area (Å²) in [6.45, 7) is 11.4. The highest BCUT2D eigenvalue weighted by Gasteiger charge is 2.24. The number of nitrogens with zero attached hydrogens (tertiary/aromatic N) is 2. The van der Waals surface area contributed by atoms with Gasteiger partial charge in [0, 0.05) is 32.7 Å². The van der Waals surface area contributed by atoms with Gasteiger partial charge in [-0.05, 0) is 38.3 Å². The third kappa shape index (κ3) is 7.80. The summed E-state index contributed by atoms with van der Waals surface area (Å²) in [7, 11) is 1.78. The Labute approximate surface area is 175 Å². The van der Waals surface area contributed by atoms with Crippen molar-refractivity contribution < 1.29 is 9.47 Å². The largest absolute Gasteiger partial charge is 0.384 e. The van der Waals surface area contributed by atoms with E-state index in [1.54, 1.807) is 7.11 Å². The van der Waals surface area contributed by atoms with Gasteiger partial charge in [-0.3, -0.25) is 0 Å². The lowest BCUT2D eigenvalue weighted by molar-refractivity contribution is 0.0657. The predicted molar refractivity (Wildman–Crippen MR) is 118 cm³/mol. The summed E-state index contributed by atoms with van der Waals surface area (Å²) in [5, 5.41) is 3.42. The highest BCUT2D eigenvalue weighted by Crippen LogP contribution is 2.17. The number of likely N-dealkylation sites (tertiary alicyclic amines) is 1. The first-order chi connectivity index (χ1) is 12.1. The van der Waals surface area contributed by atoms with Gasteiger partial charge >= 0.3 is 0 Å². The second-order valence-corrected chi connectivity index (χ2v) is 6.90. The first-order valence-corrected chi connectivity index (χ1v) is 9.34. The van der Waals surface area contributed by atoms with Gasteiger partial charge in [0.1, 0.15) is 0 Å². The molecule has 1 N–H and O–H groups in total. The molecule has 0 bridgehead atoms. The average Bonchev–Trinajstić information content (AvgIpc) is 3.06. The smallest absolute Gasteiger partial charge is 0.194 e. The van der Waals surface area contributed by atoms with Crippen molar-refractivity contribution in [1.82, 2.24) is 10.2 Å². The number of guanidine groups is 1. The molecule has 1 aliphatic heterocycles. The maximum absolute atomic E-state index is 5.64. The van der Waals surface area contributed by atoms with Crippen molar-refractivity contribution >= 4 is 29.9 Å². The highest BCUT2D eigenvalue weighted by atomic mass is 127. The van der Waals surface area contributed by atoms with Gasteiger partial charge < -0.3 is 19.7 Å². The van der Waals surface area contributed by atoms with Crippen LogP contribution < -0.4 is 5.32 Å². The lowest BCUT2D eigenvalue weighted by Gasteiger charge is -2.21. The number of nitrogens with one attached hydrogen (secondary N) is 1. The van der Waals surface area contributed by atoms with Crippen LogP contribution in [0.2, 0.25) is 0 Å². The van der Waals surface area contributed by atoms with Crippen LogP contribution in [0, 0.1) is 5.92 Å². The molecule has 1 saturated heterocycles. The van der Waals surface area contributed by atoms with Crippen LogP contribution in [0.15, 0.2) is 29.3 Å². The normalized spacial score (nSPS) is 17.5. The Kier molecular flexibility index (Phi) is 11.2. The Hall–Kier alpha value is -0.860. The van der Waals surface area contributed by atoms with Gasteiger partial charge in [-0.25, -0.2) is 4.99 Å². The Morgan fingerprint density at radius 2 is 1.96 bits per heavy atom. The first-order valence-electron chi connectivity index (χ1n) is 9.34. The number of benzene rings is 1. The number of aliphatic imine (C=N–C) groups is 1. The minimum Gasteiger partial charge on any atom is -0.384 e. The van der Waals surface area contributed by atoms with Crippen LogP contribution in [0.4, 0.5) is 0 Å². The molecule has 1 aromatic carbocycles. The third-order valence-corrected chi connectivity index (χ3v) is 4.34. The van der Waals surface area contributed by atoms with Crippen molar-refractivity contribution in [3.63, 3.8) is 0 Å². The van der Waals surface area contributed by atoms with Crippen LogP contribution >= 0.6 is 24.0 Å². The topological polar surface area (TPSA) is 46.1 Å². The van der Waals surface area contributed by atoms with E-state index in [4.69, 9.17) is 14.5 Å². The number of ether oxygens (including phenoxy) is 2. The Bertz CT molecular complexity index is 534. The molecule has 0 saturated carbocycles. The molecule has 1 aromatic rings. The molecule has 1 aliphatic rings. The first kappa shape index (κ1) is 23.2. The molecule has 0 aliphatic carbocycles. The van der Waals surface area contributed by atoms with E-state index in [1.165, 1.54) is 17.5 Å². The van der Waals surface area contributed by atoms with Crippen LogP contribution in [0.1, 0.15) is 38.3 Å². The van der Waals surface area contributed by atoms with Crippen molar-refractivity contribution in [3.8, 4) is 0 Å². The van der Waals surface area contributed by atoms with Gasteiger partial charge in [0.25, 0.3) is 0 Å². The van der Waals surface area contributed by atoms with E-state index in [0.717, 1.165) is 32.2 Å². The summed E-state index contributed by atoms with van der Waals surface area (Å²) in [6, 6.07) is 8.54. The summed E-state index contributed by atoms with van der Waals surface area (Å²) in [5.74, 6) is 1.61. The Balaban J connectivity index is 0.00000338. The molecule has 26 heavy (non-hydrogen) atoms. The number of rotatable bonds is 8. The van der Waals surface area contributed by atoms with Crippen LogP contribution in [0.3, 0.4) is 0 Å². The van der Waals surface area contributed by atoms with E-state index >= 15 is 0 Å². The molecule has 0 amide bonds. The van der Waals surface area contributed by atoms with Crippen molar-refractivity contribution in [2.45, 2.75) is 46.4 Å². The number of hydrogen-bond acceptors (Lipinski definition) is 3. The van der Waals surface area contributed by atoms with Gasteiger partial charge in [0.05, 0.1) is 25.9 Å². The predicted octanol–water partition coefficient (Wildman–Crippen LogP) is 3.66. The average molecular weight is 475 g/mol. The van der Waals surface area contributed by atoms with E-state index in [0.29, 0.717) is 19.1 Å². The number of hydrogen-bond donors (Lipinski definition) is 1. The monoisotopic (exact) mass is 475 g/mol. The van der Waals surface area contributed by atoms with Crippen LogP contribution in [0.25, 0.3) is 0 Å². The van der Waals surface area contributed by atoms with Gasteiger partial charge in [-0.15, -0.1) is 24.0 Å². The van der Waals surface area contributed by atoms with Crippen molar-refractivity contribution in [2.24, 2.45) is 10.9 Å². The molecule has 1 fully saturated rings. The highest BCUT2D eigenvalue weighted by molar-refractivity contribution is 14.0. The molecule has 0 radical (unpaired) electrons. The summed E-state index contributed by atoms with van der Waals surface area (Å²) >= 11 is 0. The lowest BCUT2D eigenvalue weighted by Crippen LogP contribution is -2.40.